The quantitative estimate of drug-likeness (QED) is 0.648. The maximum atomic E-state index is 13.3. The molecule has 0 unspecified atom stereocenters. The van der Waals surface area contributed by atoms with Crippen LogP contribution in [0.15, 0.2) is 48.5 Å². The summed E-state index contributed by atoms with van der Waals surface area (Å²) < 4.78 is 10.9. The Labute approximate surface area is 198 Å². The van der Waals surface area contributed by atoms with Gasteiger partial charge >= 0.3 is 12.1 Å². The first kappa shape index (κ1) is 23.8. The van der Waals surface area contributed by atoms with Crippen molar-refractivity contribution in [3.63, 3.8) is 0 Å². The van der Waals surface area contributed by atoms with Crippen molar-refractivity contribution >= 4 is 18.0 Å². The first-order valence-electron chi connectivity index (χ1n) is 11.5. The molecule has 8 nitrogen and oxygen atoms in total. The van der Waals surface area contributed by atoms with Crippen LogP contribution in [0.5, 0.6) is 0 Å². The number of hydrogen-bond donors (Lipinski definition) is 2. The van der Waals surface area contributed by atoms with Gasteiger partial charge in [0.05, 0.1) is 6.10 Å². The zero-order chi connectivity index (χ0) is 24.5. The number of rotatable bonds is 7. The molecule has 0 bridgehead atoms. The summed E-state index contributed by atoms with van der Waals surface area (Å²) in [4.78, 5) is 39.2. The van der Waals surface area contributed by atoms with Gasteiger partial charge in [0.1, 0.15) is 18.2 Å². The van der Waals surface area contributed by atoms with Crippen molar-refractivity contribution in [1.29, 1.82) is 0 Å². The highest BCUT2D eigenvalue weighted by atomic mass is 16.5. The van der Waals surface area contributed by atoms with Crippen molar-refractivity contribution in [3.8, 4) is 11.1 Å². The lowest BCUT2D eigenvalue weighted by atomic mass is 9.98. The number of amides is 2. The van der Waals surface area contributed by atoms with Crippen LogP contribution in [0.1, 0.15) is 43.7 Å². The van der Waals surface area contributed by atoms with Crippen molar-refractivity contribution in [2.24, 2.45) is 0 Å². The Hall–Kier alpha value is -3.39. The summed E-state index contributed by atoms with van der Waals surface area (Å²) in [5.41, 5.74) is 3.10. The van der Waals surface area contributed by atoms with Crippen molar-refractivity contribution < 1.29 is 29.0 Å². The maximum Gasteiger partial charge on any atom is 0.407 e. The number of fused-ring (bicyclic) bond motifs is 3. The van der Waals surface area contributed by atoms with Gasteiger partial charge in [-0.05, 0) is 48.9 Å². The van der Waals surface area contributed by atoms with E-state index < -0.39 is 35.7 Å². The number of benzene rings is 2. The highest BCUT2D eigenvalue weighted by Crippen LogP contribution is 2.44. The number of nitrogens with zero attached hydrogens (tertiary/aromatic N) is 1. The third-order valence-corrected chi connectivity index (χ3v) is 7.09. The maximum absolute atomic E-state index is 13.3. The number of likely N-dealkylation sites (tertiary alicyclic amines) is 1. The molecule has 0 saturated carbocycles. The Morgan fingerprint density at radius 3 is 2.26 bits per heavy atom. The summed E-state index contributed by atoms with van der Waals surface area (Å²) >= 11 is 0. The number of hydrogen-bond acceptors (Lipinski definition) is 5. The Morgan fingerprint density at radius 1 is 1.12 bits per heavy atom. The molecule has 1 heterocycles. The second-order valence-corrected chi connectivity index (χ2v) is 9.06. The molecule has 0 spiro atoms. The number of ether oxygens (including phenoxy) is 2. The topological polar surface area (TPSA) is 105 Å². The molecule has 0 radical (unpaired) electrons. The minimum Gasteiger partial charge on any atom is -0.480 e. The van der Waals surface area contributed by atoms with Gasteiger partial charge in [0.25, 0.3) is 0 Å². The van der Waals surface area contributed by atoms with Crippen LogP contribution in [0, 0.1) is 0 Å². The molecule has 2 aliphatic rings. The van der Waals surface area contributed by atoms with Gasteiger partial charge < -0.3 is 24.8 Å². The lowest BCUT2D eigenvalue weighted by molar-refractivity contribution is -0.157. The summed E-state index contributed by atoms with van der Waals surface area (Å²) in [5.74, 6) is -1.67. The molecule has 1 aliphatic carbocycles. The first-order valence-corrected chi connectivity index (χ1v) is 11.5. The number of alkyl carbamates (subject to hydrolysis) is 1. The molecule has 1 saturated heterocycles. The molecule has 34 heavy (non-hydrogen) atoms. The van der Waals surface area contributed by atoms with Crippen LogP contribution in [0.3, 0.4) is 0 Å². The van der Waals surface area contributed by atoms with Gasteiger partial charge in [-0.3, -0.25) is 4.79 Å². The minimum absolute atomic E-state index is 0.110. The first-order chi connectivity index (χ1) is 16.3. The van der Waals surface area contributed by atoms with E-state index in [1.54, 1.807) is 6.92 Å². The SMILES string of the molecule is CO[C@H](C)[C@H](NC(=O)OCC1c2ccccc2-c2ccccc21)C(=O)N1CCC[C@@]1(C)C(=O)O. The standard InChI is InChI=1S/C26H30N2O6/c1-16(33-3)22(23(29)28-14-8-13-26(28,2)24(30)31)27-25(32)34-15-21-19-11-6-4-9-17(19)18-10-5-7-12-20(18)21/h4-7,9-12,16,21-22H,8,13-15H2,1-3H3,(H,27,32)(H,30,31)/t16-,22+,26+/m1/s1. The molecule has 2 N–H and O–H groups in total. The fraction of sp³-hybridized carbons (Fsp3) is 0.423. The predicted molar refractivity (Wildman–Crippen MR) is 125 cm³/mol. The van der Waals surface area contributed by atoms with Crippen molar-refractivity contribution in [3.05, 3.63) is 59.7 Å². The highest BCUT2D eigenvalue weighted by Gasteiger charge is 2.48. The number of aliphatic carboxylic acids is 1. The van der Waals surface area contributed by atoms with Gasteiger partial charge in [-0.2, -0.15) is 0 Å². The average molecular weight is 467 g/mol. The van der Waals surface area contributed by atoms with Gasteiger partial charge in [0.15, 0.2) is 0 Å². The van der Waals surface area contributed by atoms with Gasteiger partial charge in [-0.25, -0.2) is 9.59 Å². The minimum atomic E-state index is -1.31. The smallest absolute Gasteiger partial charge is 0.407 e. The molecule has 1 fully saturated rings. The number of carbonyl (C=O) groups excluding carboxylic acids is 2. The Bertz CT molecular complexity index is 1060. The number of methoxy groups -OCH3 is 1. The van der Waals surface area contributed by atoms with Crippen molar-refractivity contribution in [2.45, 2.75) is 50.3 Å². The van der Waals surface area contributed by atoms with Crippen LogP contribution in [0.2, 0.25) is 0 Å². The Kier molecular flexibility index (Phi) is 6.61. The highest BCUT2D eigenvalue weighted by molar-refractivity contribution is 5.92. The zero-order valence-corrected chi connectivity index (χ0v) is 19.6. The van der Waals surface area contributed by atoms with E-state index in [-0.39, 0.29) is 12.5 Å². The third-order valence-electron chi connectivity index (χ3n) is 7.09. The van der Waals surface area contributed by atoms with Crippen LogP contribution < -0.4 is 5.32 Å². The van der Waals surface area contributed by atoms with Crippen LogP contribution in [0.4, 0.5) is 4.79 Å². The second kappa shape index (κ2) is 9.46. The molecule has 4 rings (SSSR count). The van der Waals surface area contributed by atoms with E-state index in [1.165, 1.54) is 18.9 Å². The van der Waals surface area contributed by atoms with Crippen LogP contribution in [-0.4, -0.2) is 65.9 Å². The number of nitrogens with one attached hydrogen (secondary N) is 1. The summed E-state index contributed by atoms with van der Waals surface area (Å²) in [6.07, 6.45) is -0.493. The largest absolute Gasteiger partial charge is 0.480 e. The van der Waals surface area contributed by atoms with Crippen LogP contribution >= 0.6 is 0 Å². The fourth-order valence-electron chi connectivity index (χ4n) is 4.99. The van der Waals surface area contributed by atoms with Gasteiger partial charge in [0.2, 0.25) is 5.91 Å². The number of carboxylic acid groups (broad SMARTS) is 1. The molecular formula is C26H30N2O6. The summed E-state index contributed by atoms with van der Waals surface area (Å²) in [6.45, 7) is 3.60. The lowest BCUT2D eigenvalue weighted by Gasteiger charge is -2.35. The van der Waals surface area contributed by atoms with E-state index in [4.69, 9.17) is 9.47 Å². The third kappa shape index (κ3) is 4.14. The molecular weight excluding hydrogens is 436 g/mol. The van der Waals surface area contributed by atoms with Crippen molar-refractivity contribution in [2.75, 3.05) is 20.3 Å². The van der Waals surface area contributed by atoms with Gasteiger partial charge in [-0.1, -0.05) is 48.5 Å². The lowest BCUT2D eigenvalue weighted by Crippen LogP contribution is -2.60. The molecule has 2 aromatic rings. The molecule has 2 aromatic carbocycles. The van der Waals surface area contributed by atoms with E-state index in [0.29, 0.717) is 19.4 Å². The monoisotopic (exact) mass is 466 g/mol. The molecule has 180 valence electrons. The van der Waals surface area contributed by atoms with E-state index in [1.807, 2.05) is 36.4 Å². The summed E-state index contributed by atoms with van der Waals surface area (Å²) in [5, 5.41) is 12.3. The molecule has 3 atom stereocenters. The molecule has 8 heteroatoms. The van der Waals surface area contributed by atoms with Gasteiger partial charge in [0, 0.05) is 19.6 Å². The van der Waals surface area contributed by atoms with E-state index in [9.17, 15) is 19.5 Å². The average Bonchev–Trinajstić information content (AvgIpc) is 3.39. The van der Waals surface area contributed by atoms with E-state index in [0.717, 1.165) is 22.3 Å². The van der Waals surface area contributed by atoms with E-state index in [2.05, 4.69) is 17.4 Å². The van der Waals surface area contributed by atoms with Crippen LogP contribution in [0.25, 0.3) is 11.1 Å². The van der Waals surface area contributed by atoms with Gasteiger partial charge in [-0.15, -0.1) is 0 Å². The predicted octanol–water partition coefficient (Wildman–Crippen LogP) is 3.39. The zero-order valence-electron chi connectivity index (χ0n) is 19.6. The normalized spacial score (nSPS) is 20.9. The summed E-state index contributed by atoms with van der Waals surface area (Å²) in [6, 6.07) is 15.0. The van der Waals surface area contributed by atoms with Crippen LogP contribution in [-0.2, 0) is 19.1 Å². The molecule has 2 amide bonds. The molecule has 1 aliphatic heterocycles. The van der Waals surface area contributed by atoms with E-state index >= 15 is 0 Å². The Balaban J connectivity index is 1.47. The Morgan fingerprint density at radius 2 is 1.71 bits per heavy atom. The summed E-state index contributed by atoms with van der Waals surface area (Å²) in [7, 11) is 1.44. The number of carboxylic acids is 1. The second-order valence-electron chi connectivity index (χ2n) is 9.06. The van der Waals surface area contributed by atoms with Crippen molar-refractivity contribution in [1.82, 2.24) is 10.2 Å². The fourth-order valence-corrected chi connectivity index (χ4v) is 4.99. The number of carbonyl (C=O) groups is 3. The molecule has 0 aromatic heterocycles.